The molecular weight excluding hydrogens is 310 g/mol. The second-order valence-corrected chi connectivity index (χ2v) is 5.57. The molecule has 0 fully saturated rings. The molecule has 0 heterocycles. The fourth-order valence-corrected chi connectivity index (χ4v) is 2.24. The Morgan fingerprint density at radius 3 is 2.44 bits per heavy atom. The monoisotopic (exact) mass is 323 g/mol. The zero-order valence-electron chi connectivity index (χ0n) is 10.2. The van der Waals surface area contributed by atoms with Crippen LogP contribution < -0.4 is 5.32 Å². The molecule has 2 aromatic rings. The first kappa shape index (κ1) is 13.6. The van der Waals surface area contributed by atoms with Crippen LogP contribution in [-0.4, -0.2) is 0 Å². The molecule has 1 atom stereocenters. The summed E-state index contributed by atoms with van der Waals surface area (Å²) in [5, 5.41) is 4.29. The van der Waals surface area contributed by atoms with Crippen molar-refractivity contribution in [2.45, 2.75) is 19.5 Å². The molecule has 0 aliphatic rings. The van der Waals surface area contributed by atoms with Crippen LogP contribution in [-0.2, 0) is 6.54 Å². The molecule has 1 nitrogen and oxygen atoms in total. The standard InChI is InChI=1S/C15H15BrClN/c1-11(12-6-8-14(16)9-7-12)18-10-13-4-2-3-5-15(13)17/h2-9,11,18H,10H2,1H3/t11-/m1/s1. The average molecular weight is 325 g/mol. The Morgan fingerprint density at radius 2 is 1.78 bits per heavy atom. The summed E-state index contributed by atoms with van der Waals surface area (Å²) < 4.78 is 1.10. The van der Waals surface area contributed by atoms with Crippen molar-refractivity contribution in [1.82, 2.24) is 5.32 Å². The minimum atomic E-state index is 0.300. The van der Waals surface area contributed by atoms with E-state index in [4.69, 9.17) is 11.6 Å². The SMILES string of the molecule is C[C@@H](NCc1ccccc1Cl)c1ccc(Br)cc1. The first-order valence-electron chi connectivity index (χ1n) is 5.89. The van der Waals surface area contributed by atoms with E-state index in [9.17, 15) is 0 Å². The number of rotatable bonds is 4. The van der Waals surface area contributed by atoms with Crippen LogP contribution >= 0.6 is 27.5 Å². The third kappa shape index (κ3) is 3.58. The summed E-state index contributed by atoms with van der Waals surface area (Å²) in [5.41, 5.74) is 2.40. The van der Waals surface area contributed by atoms with Crippen LogP contribution in [0.15, 0.2) is 53.0 Å². The van der Waals surface area contributed by atoms with Gasteiger partial charge in [0.2, 0.25) is 0 Å². The predicted octanol–water partition coefficient (Wildman–Crippen LogP) is 4.95. The summed E-state index contributed by atoms with van der Waals surface area (Å²) >= 11 is 9.57. The van der Waals surface area contributed by atoms with Gasteiger partial charge in [-0.2, -0.15) is 0 Å². The minimum absolute atomic E-state index is 0.300. The average Bonchev–Trinajstić information content (AvgIpc) is 2.38. The maximum absolute atomic E-state index is 6.13. The number of benzene rings is 2. The molecule has 0 saturated carbocycles. The Hall–Kier alpha value is -0.830. The molecule has 0 radical (unpaired) electrons. The van der Waals surface area contributed by atoms with Gasteiger partial charge >= 0.3 is 0 Å². The Bertz CT molecular complexity index is 510. The van der Waals surface area contributed by atoms with Gasteiger partial charge in [0.15, 0.2) is 0 Å². The molecule has 0 amide bonds. The molecule has 0 unspecified atom stereocenters. The van der Waals surface area contributed by atoms with Gasteiger partial charge < -0.3 is 5.32 Å². The van der Waals surface area contributed by atoms with E-state index in [-0.39, 0.29) is 0 Å². The minimum Gasteiger partial charge on any atom is -0.306 e. The van der Waals surface area contributed by atoms with E-state index in [1.54, 1.807) is 0 Å². The Kier molecular flexibility index (Phi) is 4.81. The van der Waals surface area contributed by atoms with Gasteiger partial charge in [-0.1, -0.05) is 57.9 Å². The summed E-state index contributed by atoms with van der Waals surface area (Å²) in [7, 11) is 0. The van der Waals surface area contributed by atoms with E-state index in [1.165, 1.54) is 5.56 Å². The van der Waals surface area contributed by atoms with Crippen molar-refractivity contribution in [2.24, 2.45) is 0 Å². The third-order valence-electron chi connectivity index (χ3n) is 2.93. The Labute approximate surface area is 121 Å². The lowest BCUT2D eigenvalue weighted by Crippen LogP contribution is -2.18. The largest absolute Gasteiger partial charge is 0.306 e. The lowest BCUT2D eigenvalue weighted by Gasteiger charge is -2.15. The first-order valence-corrected chi connectivity index (χ1v) is 7.06. The fourth-order valence-electron chi connectivity index (χ4n) is 1.77. The van der Waals surface area contributed by atoms with Gasteiger partial charge in [-0.15, -0.1) is 0 Å². The van der Waals surface area contributed by atoms with Gasteiger partial charge in [-0.3, -0.25) is 0 Å². The highest BCUT2D eigenvalue weighted by Gasteiger charge is 2.05. The van der Waals surface area contributed by atoms with Crippen molar-refractivity contribution < 1.29 is 0 Å². The molecular formula is C15H15BrClN. The maximum Gasteiger partial charge on any atom is 0.0450 e. The van der Waals surface area contributed by atoms with Crippen molar-refractivity contribution in [3.63, 3.8) is 0 Å². The second-order valence-electron chi connectivity index (χ2n) is 4.25. The van der Waals surface area contributed by atoms with Crippen LogP contribution in [0.1, 0.15) is 24.1 Å². The highest BCUT2D eigenvalue weighted by Crippen LogP contribution is 2.19. The molecule has 0 aliphatic carbocycles. The first-order chi connectivity index (χ1) is 8.66. The molecule has 2 aromatic carbocycles. The summed E-state index contributed by atoms with van der Waals surface area (Å²) in [6.07, 6.45) is 0. The molecule has 94 valence electrons. The predicted molar refractivity (Wildman–Crippen MR) is 80.8 cm³/mol. The topological polar surface area (TPSA) is 12.0 Å². The quantitative estimate of drug-likeness (QED) is 0.838. The van der Waals surface area contributed by atoms with Crippen LogP contribution in [0.25, 0.3) is 0 Å². The van der Waals surface area contributed by atoms with Crippen LogP contribution in [0.2, 0.25) is 5.02 Å². The van der Waals surface area contributed by atoms with Crippen molar-refractivity contribution in [2.75, 3.05) is 0 Å². The Balaban J connectivity index is 1.98. The van der Waals surface area contributed by atoms with E-state index in [1.807, 2.05) is 24.3 Å². The zero-order valence-corrected chi connectivity index (χ0v) is 12.5. The van der Waals surface area contributed by atoms with Gasteiger partial charge in [-0.05, 0) is 36.2 Å². The van der Waals surface area contributed by atoms with Crippen LogP contribution in [0, 0.1) is 0 Å². The van der Waals surface area contributed by atoms with Gasteiger partial charge in [-0.25, -0.2) is 0 Å². The highest BCUT2D eigenvalue weighted by atomic mass is 79.9. The smallest absolute Gasteiger partial charge is 0.0450 e. The van der Waals surface area contributed by atoms with Crippen molar-refractivity contribution in [1.29, 1.82) is 0 Å². The van der Waals surface area contributed by atoms with Crippen LogP contribution in [0.4, 0.5) is 0 Å². The molecule has 2 rings (SSSR count). The summed E-state index contributed by atoms with van der Waals surface area (Å²) in [6.45, 7) is 2.93. The molecule has 0 bridgehead atoms. The molecule has 0 saturated heterocycles. The summed E-state index contributed by atoms with van der Waals surface area (Å²) in [5.74, 6) is 0. The van der Waals surface area contributed by atoms with Gasteiger partial charge in [0.05, 0.1) is 0 Å². The molecule has 0 spiro atoms. The molecule has 0 aliphatic heterocycles. The van der Waals surface area contributed by atoms with E-state index in [0.29, 0.717) is 6.04 Å². The fraction of sp³-hybridized carbons (Fsp3) is 0.200. The van der Waals surface area contributed by atoms with E-state index in [2.05, 4.69) is 52.4 Å². The lowest BCUT2D eigenvalue weighted by molar-refractivity contribution is 0.575. The number of hydrogen-bond donors (Lipinski definition) is 1. The zero-order chi connectivity index (χ0) is 13.0. The number of hydrogen-bond acceptors (Lipinski definition) is 1. The second kappa shape index (κ2) is 6.37. The van der Waals surface area contributed by atoms with E-state index in [0.717, 1.165) is 21.6 Å². The van der Waals surface area contributed by atoms with Crippen molar-refractivity contribution in [3.05, 3.63) is 69.2 Å². The van der Waals surface area contributed by atoms with Crippen LogP contribution in [0.5, 0.6) is 0 Å². The third-order valence-corrected chi connectivity index (χ3v) is 3.82. The molecule has 3 heteroatoms. The Morgan fingerprint density at radius 1 is 1.11 bits per heavy atom. The van der Waals surface area contributed by atoms with Gasteiger partial charge in [0, 0.05) is 22.1 Å². The lowest BCUT2D eigenvalue weighted by atomic mass is 10.1. The molecule has 1 N–H and O–H groups in total. The summed E-state index contributed by atoms with van der Waals surface area (Å²) in [6, 6.07) is 16.6. The van der Waals surface area contributed by atoms with Crippen LogP contribution in [0.3, 0.4) is 0 Å². The normalized spacial score (nSPS) is 12.4. The van der Waals surface area contributed by atoms with E-state index < -0.39 is 0 Å². The molecule has 18 heavy (non-hydrogen) atoms. The van der Waals surface area contributed by atoms with Gasteiger partial charge in [0.1, 0.15) is 0 Å². The van der Waals surface area contributed by atoms with Crippen molar-refractivity contribution in [3.8, 4) is 0 Å². The highest BCUT2D eigenvalue weighted by molar-refractivity contribution is 9.10. The molecule has 0 aromatic heterocycles. The number of nitrogens with one attached hydrogen (secondary N) is 1. The van der Waals surface area contributed by atoms with Gasteiger partial charge in [0.25, 0.3) is 0 Å². The van der Waals surface area contributed by atoms with E-state index >= 15 is 0 Å². The summed E-state index contributed by atoms with van der Waals surface area (Å²) in [4.78, 5) is 0. The number of halogens is 2. The maximum atomic E-state index is 6.13. The van der Waals surface area contributed by atoms with Crippen molar-refractivity contribution >= 4 is 27.5 Å².